The van der Waals surface area contributed by atoms with E-state index in [2.05, 4.69) is 15.0 Å². The summed E-state index contributed by atoms with van der Waals surface area (Å²) in [6.45, 7) is 2.62. The SMILES string of the molecule is Cn1cc([C@@H]2CN(c3ccc(S(=O)(=O)N4CCCC4)cn3)C[C@H]2N)cn1. The Morgan fingerprint density at radius 1 is 1.15 bits per heavy atom. The van der Waals surface area contributed by atoms with Gasteiger partial charge in [0.2, 0.25) is 10.0 Å². The van der Waals surface area contributed by atoms with Crippen molar-refractivity contribution >= 4 is 15.8 Å². The lowest BCUT2D eigenvalue weighted by Crippen LogP contribution is -2.29. The molecule has 2 fully saturated rings. The van der Waals surface area contributed by atoms with E-state index in [1.807, 2.05) is 19.4 Å². The molecular weight excluding hydrogens is 352 g/mol. The van der Waals surface area contributed by atoms with Crippen molar-refractivity contribution in [2.24, 2.45) is 12.8 Å². The number of hydrogen-bond donors (Lipinski definition) is 1. The predicted octanol–water partition coefficient (Wildman–Crippen LogP) is 0.531. The van der Waals surface area contributed by atoms with Crippen LogP contribution in [0.1, 0.15) is 24.3 Å². The number of hydrogen-bond acceptors (Lipinski definition) is 6. The van der Waals surface area contributed by atoms with Crippen LogP contribution < -0.4 is 10.6 Å². The molecule has 8 nitrogen and oxygen atoms in total. The minimum absolute atomic E-state index is 0.00555. The van der Waals surface area contributed by atoms with Crippen molar-refractivity contribution in [2.45, 2.75) is 29.7 Å². The van der Waals surface area contributed by atoms with Crippen molar-refractivity contribution in [3.05, 3.63) is 36.3 Å². The maximum absolute atomic E-state index is 12.6. The Morgan fingerprint density at radius 2 is 1.92 bits per heavy atom. The Hall–Kier alpha value is -1.97. The molecule has 26 heavy (non-hydrogen) atoms. The fraction of sp³-hybridized carbons (Fsp3) is 0.529. The van der Waals surface area contributed by atoms with Crippen LogP contribution in [0.15, 0.2) is 35.6 Å². The highest BCUT2D eigenvalue weighted by Gasteiger charge is 2.33. The molecule has 0 spiro atoms. The minimum atomic E-state index is -3.42. The maximum atomic E-state index is 12.6. The Balaban J connectivity index is 1.51. The molecule has 0 radical (unpaired) electrons. The zero-order chi connectivity index (χ0) is 18.3. The van der Waals surface area contributed by atoms with Crippen molar-refractivity contribution in [3.8, 4) is 0 Å². The molecule has 2 aliphatic heterocycles. The second kappa shape index (κ2) is 6.64. The van der Waals surface area contributed by atoms with E-state index in [0.717, 1.165) is 30.8 Å². The van der Waals surface area contributed by atoms with Gasteiger partial charge in [0.25, 0.3) is 0 Å². The molecule has 0 bridgehead atoms. The molecule has 140 valence electrons. The normalized spacial score (nSPS) is 24.5. The number of pyridine rings is 1. The van der Waals surface area contributed by atoms with Crippen molar-refractivity contribution in [1.82, 2.24) is 19.1 Å². The fourth-order valence-electron chi connectivity index (χ4n) is 3.79. The highest BCUT2D eigenvalue weighted by Crippen LogP contribution is 2.29. The molecule has 2 aromatic rings. The van der Waals surface area contributed by atoms with E-state index in [0.29, 0.717) is 19.6 Å². The fourth-order valence-corrected chi connectivity index (χ4v) is 5.25. The molecular formula is C17H24N6O2S. The average molecular weight is 376 g/mol. The van der Waals surface area contributed by atoms with E-state index in [-0.39, 0.29) is 16.9 Å². The molecule has 2 aliphatic rings. The van der Waals surface area contributed by atoms with Crippen LogP contribution in [0.3, 0.4) is 0 Å². The maximum Gasteiger partial charge on any atom is 0.244 e. The van der Waals surface area contributed by atoms with E-state index in [1.165, 1.54) is 10.5 Å². The molecule has 2 aromatic heterocycles. The second-order valence-corrected chi connectivity index (χ2v) is 9.02. The lowest BCUT2D eigenvalue weighted by Gasteiger charge is -2.19. The highest BCUT2D eigenvalue weighted by atomic mass is 32.2. The van der Waals surface area contributed by atoms with Gasteiger partial charge in [-0.15, -0.1) is 0 Å². The van der Waals surface area contributed by atoms with Gasteiger partial charge in [0.15, 0.2) is 0 Å². The average Bonchev–Trinajstić information content (AvgIpc) is 3.36. The number of nitrogens with zero attached hydrogens (tertiary/aromatic N) is 5. The minimum Gasteiger partial charge on any atom is -0.354 e. The van der Waals surface area contributed by atoms with Gasteiger partial charge < -0.3 is 10.6 Å². The molecule has 0 saturated carbocycles. The Labute approximate surface area is 153 Å². The van der Waals surface area contributed by atoms with Gasteiger partial charge in [-0.2, -0.15) is 9.40 Å². The van der Waals surface area contributed by atoms with Crippen LogP contribution in [0.5, 0.6) is 0 Å². The van der Waals surface area contributed by atoms with Crippen LogP contribution in [0, 0.1) is 0 Å². The topological polar surface area (TPSA) is 97.4 Å². The van der Waals surface area contributed by atoms with E-state index in [4.69, 9.17) is 5.73 Å². The van der Waals surface area contributed by atoms with Crippen molar-refractivity contribution in [2.75, 3.05) is 31.1 Å². The number of sulfonamides is 1. The van der Waals surface area contributed by atoms with Gasteiger partial charge in [-0.1, -0.05) is 0 Å². The Bertz CT molecular complexity index is 873. The number of rotatable bonds is 4. The standard InChI is InChI=1S/C17H24N6O2S/c1-21-10-13(8-20-21)15-11-22(12-16(15)18)17-5-4-14(9-19-17)26(24,25)23-6-2-3-7-23/h4-5,8-10,15-16H,2-3,6-7,11-12,18H2,1H3/t15-,16+/m0/s1. The van der Waals surface area contributed by atoms with Crippen LogP contribution in [0.25, 0.3) is 0 Å². The summed E-state index contributed by atoms with van der Waals surface area (Å²) < 4.78 is 28.5. The molecule has 0 aromatic carbocycles. The molecule has 2 N–H and O–H groups in total. The monoisotopic (exact) mass is 376 g/mol. The largest absolute Gasteiger partial charge is 0.354 e. The van der Waals surface area contributed by atoms with E-state index < -0.39 is 10.0 Å². The van der Waals surface area contributed by atoms with Crippen LogP contribution >= 0.6 is 0 Å². The van der Waals surface area contributed by atoms with Gasteiger partial charge in [-0.3, -0.25) is 4.68 Å². The highest BCUT2D eigenvalue weighted by molar-refractivity contribution is 7.89. The van der Waals surface area contributed by atoms with Crippen LogP contribution in [-0.4, -0.2) is 59.7 Å². The van der Waals surface area contributed by atoms with Gasteiger partial charge in [0.1, 0.15) is 10.7 Å². The summed E-state index contributed by atoms with van der Waals surface area (Å²) in [6.07, 6.45) is 7.16. The third-order valence-electron chi connectivity index (χ3n) is 5.27. The van der Waals surface area contributed by atoms with E-state index in [1.54, 1.807) is 16.8 Å². The summed E-state index contributed by atoms with van der Waals surface area (Å²) in [5.74, 6) is 0.950. The van der Waals surface area contributed by atoms with Crippen molar-refractivity contribution in [1.29, 1.82) is 0 Å². The van der Waals surface area contributed by atoms with Gasteiger partial charge >= 0.3 is 0 Å². The van der Waals surface area contributed by atoms with Gasteiger partial charge in [0.05, 0.1) is 6.20 Å². The number of aryl methyl sites for hydroxylation is 1. The Kier molecular flexibility index (Phi) is 4.45. The third-order valence-corrected chi connectivity index (χ3v) is 7.15. The molecule has 0 unspecified atom stereocenters. The second-order valence-electron chi connectivity index (χ2n) is 7.09. The summed E-state index contributed by atoms with van der Waals surface area (Å²) in [7, 11) is -1.53. The number of anilines is 1. The van der Waals surface area contributed by atoms with Crippen LogP contribution in [-0.2, 0) is 17.1 Å². The molecule has 4 rings (SSSR count). The van der Waals surface area contributed by atoms with Gasteiger partial charge in [-0.25, -0.2) is 13.4 Å². The first kappa shape index (κ1) is 17.4. The quantitative estimate of drug-likeness (QED) is 0.836. The molecule has 2 atom stereocenters. The molecule has 0 amide bonds. The first-order valence-electron chi connectivity index (χ1n) is 8.90. The van der Waals surface area contributed by atoms with Crippen LogP contribution in [0.2, 0.25) is 0 Å². The summed E-state index contributed by atoms with van der Waals surface area (Å²) >= 11 is 0. The van der Waals surface area contributed by atoms with E-state index in [9.17, 15) is 8.42 Å². The first-order chi connectivity index (χ1) is 12.4. The lowest BCUT2D eigenvalue weighted by molar-refractivity contribution is 0.477. The summed E-state index contributed by atoms with van der Waals surface area (Å²) in [5.41, 5.74) is 7.44. The molecule has 0 aliphatic carbocycles. The summed E-state index contributed by atoms with van der Waals surface area (Å²) in [4.78, 5) is 6.78. The summed E-state index contributed by atoms with van der Waals surface area (Å²) in [5, 5.41) is 4.23. The zero-order valence-electron chi connectivity index (χ0n) is 14.8. The van der Waals surface area contributed by atoms with Gasteiger partial charge in [0, 0.05) is 57.6 Å². The first-order valence-corrected chi connectivity index (χ1v) is 10.3. The number of nitrogens with two attached hydrogens (primary N) is 1. The third kappa shape index (κ3) is 3.10. The molecule has 9 heteroatoms. The van der Waals surface area contributed by atoms with Crippen molar-refractivity contribution in [3.63, 3.8) is 0 Å². The van der Waals surface area contributed by atoms with Crippen molar-refractivity contribution < 1.29 is 8.42 Å². The summed E-state index contributed by atoms with van der Waals surface area (Å²) in [6, 6.07) is 3.43. The molecule has 2 saturated heterocycles. The predicted molar refractivity (Wildman–Crippen MR) is 98.4 cm³/mol. The smallest absolute Gasteiger partial charge is 0.244 e. The number of aromatic nitrogens is 3. The van der Waals surface area contributed by atoms with Gasteiger partial charge in [-0.05, 0) is 30.5 Å². The van der Waals surface area contributed by atoms with E-state index >= 15 is 0 Å². The zero-order valence-corrected chi connectivity index (χ0v) is 15.6. The van der Waals surface area contributed by atoms with Crippen LogP contribution in [0.4, 0.5) is 5.82 Å². The lowest BCUT2D eigenvalue weighted by atomic mass is 9.98. The Morgan fingerprint density at radius 3 is 2.54 bits per heavy atom. The molecule has 4 heterocycles.